The Morgan fingerprint density at radius 3 is 2.50 bits per heavy atom. The second-order valence-corrected chi connectivity index (χ2v) is 5.96. The first-order chi connectivity index (χ1) is 9.54. The topological polar surface area (TPSA) is 78.9 Å². The Balaban J connectivity index is 1.67. The van der Waals surface area contributed by atoms with Crippen LogP contribution in [-0.4, -0.2) is 53.8 Å². The molecule has 20 heavy (non-hydrogen) atoms. The van der Waals surface area contributed by atoms with Crippen molar-refractivity contribution in [2.24, 2.45) is 5.92 Å². The predicted octanol–water partition coefficient (Wildman–Crippen LogP) is 1.45. The van der Waals surface area contributed by atoms with E-state index in [0.29, 0.717) is 37.9 Å². The zero-order valence-electron chi connectivity index (χ0n) is 12.0. The van der Waals surface area contributed by atoms with Crippen LogP contribution in [0, 0.1) is 5.92 Å². The minimum atomic E-state index is -0.944. The first-order valence-electron chi connectivity index (χ1n) is 7.43. The highest BCUT2D eigenvalue weighted by molar-refractivity contribution is 5.74. The second kappa shape index (κ2) is 6.92. The molecular formula is C14H24N2O4. The van der Waals surface area contributed by atoms with Crippen molar-refractivity contribution in [3.63, 3.8) is 0 Å². The van der Waals surface area contributed by atoms with E-state index >= 15 is 0 Å². The lowest BCUT2D eigenvalue weighted by molar-refractivity contribution is -0.145. The van der Waals surface area contributed by atoms with E-state index in [1.807, 2.05) is 4.90 Å². The molecule has 2 rings (SSSR count). The smallest absolute Gasteiger partial charge is 0.329 e. The van der Waals surface area contributed by atoms with E-state index in [1.54, 1.807) is 0 Å². The second-order valence-electron chi connectivity index (χ2n) is 5.96. The molecule has 0 aromatic carbocycles. The van der Waals surface area contributed by atoms with Crippen molar-refractivity contribution < 1.29 is 19.4 Å². The number of hydrogen-bond donors (Lipinski definition) is 2. The molecule has 1 aliphatic heterocycles. The average Bonchev–Trinajstić information content (AvgIpc) is 2.82. The summed E-state index contributed by atoms with van der Waals surface area (Å²) in [6.45, 7) is 3.24. The Kier molecular flexibility index (Phi) is 5.23. The van der Waals surface area contributed by atoms with Gasteiger partial charge in [-0.3, -0.25) is 0 Å². The number of amides is 2. The van der Waals surface area contributed by atoms with Crippen LogP contribution in [-0.2, 0) is 9.53 Å². The lowest BCUT2D eigenvalue weighted by Crippen LogP contribution is -2.48. The van der Waals surface area contributed by atoms with Crippen molar-refractivity contribution in [1.82, 2.24) is 10.2 Å². The maximum absolute atomic E-state index is 12.1. The van der Waals surface area contributed by atoms with Gasteiger partial charge in [-0.15, -0.1) is 0 Å². The number of likely N-dealkylation sites (tertiary alicyclic amines) is 1. The van der Waals surface area contributed by atoms with Crippen molar-refractivity contribution in [3.8, 4) is 0 Å². The number of hydrogen-bond acceptors (Lipinski definition) is 3. The van der Waals surface area contributed by atoms with Crippen LogP contribution in [0.4, 0.5) is 4.79 Å². The normalized spacial score (nSPS) is 27.6. The Labute approximate surface area is 119 Å². The van der Waals surface area contributed by atoms with E-state index in [0.717, 1.165) is 12.8 Å². The molecule has 1 saturated carbocycles. The van der Waals surface area contributed by atoms with Crippen LogP contribution in [0.2, 0.25) is 0 Å². The molecule has 2 atom stereocenters. The van der Waals surface area contributed by atoms with Gasteiger partial charge in [-0.05, 0) is 38.0 Å². The number of carboxylic acids is 1. The lowest BCUT2D eigenvalue weighted by atomic mass is 10.1. The van der Waals surface area contributed by atoms with Crippen molar-refractivity contribution in [2.45, 2.75) is 51.2 Å². The molecule has 2 fully saturated rings. The summed E-state index contributed by atoms with van der Waals surface area (Å²) in [6.07, 6.45) is 4.72. The fraction of sp³-hybridized carbons (Fsp3) is 0.857. The highest BCUT2D eigenvalue weighted by atomic mass is 16.5. The minimum Gasteiger partial charge on any atom is -0.480 e. The number of nitrogens with zero attached hydrogens (tertiary/aromatic N) is 1. The number of carboxylic acid groups (broad SMARTS) is 1. The molecule has 1 saturated heterocycles. The Bertz CT molecular complexity index is 353. The maximum atomic E-state index is 12.1. The molecule has 6 nitrogen and oxygen atoms in total. The summed E-state index contributed by atoms with van der Waals surface area (Å²) in [7, 11) is 0. The summed E-state index contributed by atoms with van der Waals surface area (Å²) in [4.78, 5) is 24.4. The number of urea groups is 1. The highest BCUT2D eigenvalue weighted by Gasteiger charge is 2.27. The van der Waals surface area contributed by atoms with Crippen molar-refractivity contribution in [3.05, 3.63) is 0 Å². The molecule has 2 N–H and O–H groups in total. The predicted molar refractivity (Wildman–Crippen MR) is 73.5 cm³/mol. The van der Waals surface area contributed by atoms with Gasteiger partial charge < -0.3 is 20.1 Å². The molecule has 114 valence electrons. The van der Waals surface area contributed by atoms with Crippen molar-refractivity contribution in [1.29, 1.82) is 0 Å². The molecule has 0 aromatic heterocycles. The number of aliphatic carboxylic acids is 1. The zero-order valence-corrected chi connectivity index (χ0v) is 12.0. The average molecular weight is 284 g/mol. The van der Waals surface area contributed by atoms with Crippen molar-refractivity contribution >= 4 is 12.0 Å². The van der Waals surface area contributed by atoms with Gasteiger partial charge in [0.15, 0.2) is 0 Å². The summed E-state index contributed by atoms with van der Waals surface area (Å²) in [6, 6.07) is 0.333. The number of ether oxygens (including phenoxy) is 1. The summed E-state index contributed by atoms with van der Waals surface area (Å²) in [5, 5.41) is 11.7. The zero-order chi connectivity index (χ0) is 14.5. The Morgan fingerprint density at radius 2 is 1.95 bits per heavy atom. The third-order valence-corrected chi connectivity index (χ3v) is 4.19. The Hall–Kier alpha value is -1.30. The van der Waals surface area contributed by atoms with E-state index in [4.69, 9.17) is 9.84 Å². The van der Waals surface area contributed by atoms with Gasteiger partial charge in [0.2, 0.25) is 0 Å². The Morgan fingerprint density at radius 1 is 1.25 bits per heavy atom. The lowest BCUT2D eigenvalue weighted by Gasteiger charge is -2.32. The van der Waals surface area contributed by atoms with Crippen LogP contribution in [0.1, 0.15) is 39.0 Å². The van der Waals surface area contributed by atoms with Crippen LogP contribution < -0.4 is 5.32 Å². The third kappa shape index (κ3) is 4.37. The van der Waals surface area contributed by atoms with Crippen LogP contribution in [0.15, 0.2) is 0 Å². The number of piperidine rings is 1. The number of carbonyl (C=O) groups excluding carboxylic acids is 1. The molecular weight excluding hydrogens is 260 g/mol. The van der Waals surface area contributed by atoms with E-state index < -0.39 is 5.97 Å². The number of nitrogens with one attached hydrogen (secondary N) is 1. The molecule has 1 heterocycles. The molecule has 2 unspecified atom stereocenters. The van der Waals surface area contributed by atoms with Gasteiger partial charge in [0.25, 0.3) is 0 Å². The van der Waals surface area contributed by atoms with Gasteiger partial charge in [-0.2, -0.15) is 0 Å². The monoisotopic (exact) mass is 284 g/mol. The SMILES string of the molecule is CC1CCC(NC(=O)N2CCC(OCC(=O)O)CC2)C1. The molecule has 0 radical (unpaired) electrons. The molecule has 0 bridgehead atoms. The standard InChI is InChI=1S/C14H24N2O4/c1-10-2-3-11(8-10)15-14(19)16-6-4-12(5-7-16)20-9-13(17)18/h10-12H,2-9H2,1H3,(H,15,19)(H,17,18). The highest BCUT2D eigenvalue weighted by Crippen LogP contribution is 2.25. The van der Waals surface area contributed by atoms with Gasteiger partial charge in [0.1, 0.15) is 6.61 Å². The fourth-order valence-electron chi connectivity index (χ4n) is 3.02. The molecule has 0 spiro atoms. The van der Waals surface area contributed by atoms with E-state index in [1.165, 1.54) is 6.42 Å². The summed E-state index contributed by atoms with van der Waals surface area (Å²) in [5.41, 5.74) is 0. The summed E-state index contributed by atoms with van der Waals surface area (Å²) in [5.74, 6) is -0.240. The molecule has 2 aliphatic rings. The van der Waals surface area contributed by atoms with Crippen LogP contribution in [0.3, 0.4) is 0 Å². The first kappa shape index (κ1) is 15.1. The largest absolute Gasteiger partial charge is 0.480 e. The molecule has 2 amide bonds. The fourth-order valence-corrected chi connectivity index (χ4v) is 3.02. The molecule has 6 heteroatoms. The first-order valence-corrected chi connectivity index (χ1v) is 7.43. The van der Waals surface area contributed by atoms with Gasteiger partial charge in [0.05, 0.1) is 6.10 Å². The number of carbonyl (C=O) groups is 2. The molecule has 0 aromatic rings. The summed E-state index contributed by atoms with van der Waals surface area (Å²) < 4.78 is 5.26. The van der Waals surface area contributed by atoms with Gasteiger partial charge in [-0.25, -0.2) is 9.59 Å². The summed E-state index contributed by atoms with van der Waals surface area (Å²) >= 11 is 0. The van der Waals surface area contributed by atoms with Crippen LogP contribution in [0.25, 0.3) is 0 Å². The van der Waals surface area contributed by atoms with E-state index in [-0.39, 0.29) is 18.7 Å². The van der Waals surface area contributed by atoms with E-state index in [9.17, 15) is 9.59 Å². The van der Waals surface area contributed by atoms with Gasteiger partial charge in [0, 0.05) is 19.1 Å². The minimum absolute atomic E-state index is 0.0146. The number of rotatable bonds is 4. The van der Waals surface area contributed by atoms with Gasteiger partial charge >= 0.3 is 12.0 Å². The van der Waals surface area contributed by atoms with E-state index in [2.05, 4.69) is 12.2 Å². The molecule has 1 aliphatic carbocycles. The van der Waals surface area contributed by atoms with Gasteiger partial charge in [-0.1, -0.05) is 6.92 Å². The van der Waals surface area contributed by atoms with Crippen LogP contribution in [0.5, 0.6) is 0 Å². The van der Waals surface area contributed by atoms with Crippen molar-refractivity contribution in [2.75, 3.05) is 19.7 Å². The maximum Gasteiger partial charge on any atom is 0.329 e. The quantitative estimate of drug-likeness (QED) is 0.819. The van der Waals surface area contributed by atoms with Crippen LogP contribution >= 0.6 is 0 Å². The third-order valence-electron chi connectivity index (χ3n) is 4.19.